The monoisotopic (exact) mass is 332 g/mol. The van der Waals surface area contributed by atoms with Crippen LogP contribution in [0.1, 0.15) is 17.3 Å². The molecule has 1 aromatic carbocycles. The van der Waals surface area contributed by atoms with Crippen molar-refractivity contribution in [3.63, 3.8) is 0 Å². The van der Waals surface area contributed by atoms with E-state index in [1.54, 1.807) is 0 Å². The zero-order valence-electron chi connectivity index (χ0n) is 10.7. The van der Waals surface area contributed by atoms with E-state index in [2.05, 4.69) is 4.74 Å². The molecular formula is C12H7F7O3. The molecule has 0 heterocycles. The summed E-state index contributed by atoms with van der Waals surface area (Å²) in [6, 6.07) is 2.69. The molecular weight excluding hydrogens is 325 g/mol. The van der Waals surface area contributed by atoms with Gasteiger partial charge in [0.2, 0.25) is 5.78 Å². The summed E-state index contributed by atoms with van der Waals surface area (Å²) in [6.45, 7) is 1.01. The van der Waals surface area contributed by atoms with Gasteiger partial charge < -0.3 is 4.74 Å². The Balaban J connectivity index is 3.12. The van der Waals surface area contributed by atoms with E-state index in [1.165, 1.54) is 0 Å². The number of halogens is 7. The summed E-state index contributed by atoms with van der Waals surface area (Å²) in [6.07, 6.45) is -6.59. The van der Waals surface area contributed by atoms with E-state index >= 15 is 0 Å². The molecule has 0 N–H and O–H groups in total. The van der Waals surface area contributed by atoms with E-state index in [0.717, 1.165) is 19.1 Å². The summed E-state index contributed by atoms with van der Waals surface area (Å²) < 4.78 is 92.2. The normalized spacial score (nSPS) is 12.9. The van der Waals surface area contributed by atoms with Crippen LogP contribution in [0.15, 0.2) is 24.3 Å². The zero-order chi connectivity index (χ0) is 17.3. The second kappa shape index (κ2) is 5.58. The van der Waals surface area contributed by atoms with Crippen LogP contribution >= 0.6 is 0 Å². The Bertz CT molecular complexity index is 575. The van der Waals surface area contributed by atoms with Gasteiger partial charge in [-0.3, -0.25) is 9.59 Å². The number of carbonyl (C=O) groups excluding carboxylic acids is 2. The van der Waals surface area contributed by atoms with Crippen molar-refractivity contribution in [2.45, 2.75) is 24.9 Å². The quantitative estimate of drug-likeness (QED) is 0.366. The number of alkyl halides is 7. The third-order valence-electron chi connectivity index (χ3n) is 2.41. The number of rotatable bonds is 4. The van der Waals surface area contributed by atoms with Crippen molar-refractivity contribution in [1.82, 2.24) is 0 Å². The van der Waals surface area contributed by atoms with Crippen molar-refractivity contribution in [2.75, 3.05) is 0 Å². The molecule has 10 heteroatoms. The van der Waals surface area contributed by atoms with Crippen molar-refractivity contribution in [2.24, 2.45) is 0 Å². The highest BCUT2D eigenvalue weighted by atomic mass is 19.4. The minimum absolute atomic E-state index is 0.199. The first-order valence-corrected chi connectivity index (χ1v) is 5.46. The van der Waals surface area contributed by atoms with E-state index in [9.17, 15) is 40.3 Å². The average Bonchev–Trinajstić information content (AvgIpc) is 2.36. The van der Waals surface area contributed by atoms with Gasteiger partial charge >= 0.3 is 24.0 Å². The number of hydrogen-bond acceptors (Lipinski definition) is 3. The first kappa shape index (κ1) is 17.9. The SMILES string of the molecule is CC(=O)Oc1ccc(C(=O)C(F)(F)C(F)(F)C(F)(F)F)cc1. The Morgan fingerprint density at radius 2 is 1.36 bits per heavy atom. The summed E-state index contributed by atoms with van der Waals surface area (Å²) in [5.74, 6) is -16.2. The molecule has 1 rings (SSSR count). The number of ketones is 1. The molecule has 0 aliphatic rings. The summed E-state index contributed by atoms with van der Waals surface area (Å²) in [5, 5.41) is 0. The van der Waals surface area contributed by atoms with Crippen molar-refractivity contribution in [3.05, 3.63) is 29.8 Å². The Labute approximate surface area is 118 Å². The maximum absolute atomic E-state index is 13.2. The molecule has 0 atom stereocenters. The fourth-order valence-electron chi connectivity index (χ4n) is 1.34. The van der Waals surface area contributed by atoms with Crippen LogP contribution in [0.2, 0.25) is 0 Å². The fraction of sp³-hybridized carbons (Fsp3) is 0.333. The molecule has 0 radical (unpaired) electrons. The number of esters is 1. The second-order valence-corrected chi connectivity index (χ2v) is 4.09. The Kier molecular flexibility index (Phi) is 4.54. The van der Waals surface area contributed by atoms with Gasteiger partial charge in [0.05, 0.1) is 0 Å². The Morgan fingerprint density at radius 3 is 1.73 bits per heavy atom. The lowest BCUT2D eigenvalue weighted by atomic mass is 10.00. The summed E-state index contributed by atoms with van der Waals surface area (Å²) >= 11 is 0. The van der Waals surface area contributed by atoms with Crippen molar-refractivity contribution >= 4 is 11.8 Å². The van der Waals surface area contributed by atoms with Crippen LogP contribution in [-0.2, 0) is 4.79 Å². The van der Waals surface area contributed by atoms with Crippen LogP contribution in [0.3, 0.4) is 0 Å². The molecule has 0 unspecified atom stereocenters. The molecule has 0 bridgehead atoms. The van der Waals surface area contributed by atoms with Gasteiger partial charge in [-0.2, -0.15) is 30.7 Å². The third-order valence-corrected chi connectivity index (χ3v) is 2.41. The van der Waals surface area contributed by atoms with Gasteiger partial charge in [0.1, 0.15) is 5.75 Å². The molecule has 0 saturated carbocycles. The van der Waals surface area contributed by atoms with Crippen LogP contribution in [0.4, 0.5) is 30.7 Å². The standard InChI is InChI=1S/C12H7F7O3/c1-6(20)22-8-4-2-7(3-5-8)9(21)10(13,14)11(15,16)12(17,18)19/h2-5H,1H3. The van der Waals surface area contributed by atoms with Gasteiger partial charge in [-0.05, 0) is 24.3 Å². The van der Waals surface area contributed by atoms with Gasteiger partial charge in [-0.1, -0.05) is 0 Å². The van der Waals surface area contributed by atoms with Crippen LogP contribution in [0, 0.1) is 0 Å². The third kappa shape index (κ3) is 3.20. The largest absolute Gasteiger partial charge is 0.460 e. The molecule has 0 aliphatic carbocycles. The topological polar surface area (TPSA) is 43.4 Å². The molecule has 0 fully saturated rings. The summed E-state index contributed by atoms with van der Waals surface area (Å²) in [5.41, 5.74) is -1.09. The predicted molar refractivity (Wildman–Crippen MR) is 58.0 cm³/mol. The number of Topliss-reactive ketones (excluding diaryl/α,β-unsaturated/α-hetero) is 1. The van der Waals surface area contributed by atoms with Crippen LogP contribution in [-0.4, -0.2) is 29.8 Å². The lowest BCUT2D eigenvalue weighted by Gasteiger charge is -2.27. The minimum atomic E-state index is -6.59. The van der Waals surface area contributed by atoms with Gasteiger partial charge in [0.15, 0.2) is 0 Å². The molecule has 0 amide bonds. The molecule has 122 valence electrons. The lowest BCUT2D eigenvalue weighted by Crippen LogP contribution is -2.56. The Hall–Kier alpha value is -2.13. The number of benzene rings is 1. The van der Waals surface area contributed by atoms with Crippen LogP contribution < -0.4 is 4.74 Å². The zero-order valence-corrected chi connectivity index (χ0v) is 10.7. The van der Waals surface area contributed by atoms with E-state index < -0.39 is 35.3 Å². The minimum Gasteiger partial charge on any atom is -0.427 e. The lowest BCUT2D eigenvalue weighted by molar-refractivity contribution is -0.339. The number of carbonyl (C=O) groups is 2. The van der Waals surface area contributed by atoms with Crippen LogP contribution in [0.25, 0.3) is 0 Å². The average molecular weight is 332 g/mol. The van der Waals surface area contributed by atoms with E-state index in [1.807, 2.05) is 0 Å². The molecule has 0 aromatic heterocycles. The van der Waals surface area contributed by atoms with Gasteiger partial charge in [-0.25, -0.2) is 0 Å². The first-order chi connectivity index (χ1) is 9.80. The van der Waals surface area contributed by atoms with Crippen molar-refractivity contribution in [1.29, 1.82) is 0 Å². The van der Waals surface area contributed by atoms with E-state index in [0.29, 0.717) is 12.1 Å². The highest BCUT2D eigenvalue weighted by Crippen LogP contribution is 2.47. The number of hydrogen-bond donors (Lipinski definition) is 0. The highest BCUT2D eigenvalue weighted by Gasteiger charge is 2.76. The summed E-state index contributed by atoms with van der Waals surface area (Å²) in [4.78, 5) is 21.9. The number of ether oxygens (including phenoxy) is 1. The molecule has 22 heavy (non-hydrogen) atoms. The van der Waals surface area contributed by atoms with Crippen molar-refractivity contribution in [3.8, 4) is 5.75 Å². The van der Waals surface area contributed by atoms with Gasteiger partial charge in [-0.15, -0.1) is 0 Å². The summed E-state index contributed by atoms with van der Waals surface area (Å²) in [7, 11) is 0. The maximum atomic E-state index is 13.2. The molecule has 3 nitrogen and oxygen atoms in total. The van der Waals surface area contributed by atoms with E-state index in [4.69, 9.17) is 0 Å². The molecule has 0 aliphatic heterocycles. The van der Waals surface area contributed by atoms with E-state index in [-0.39, 0.29) is 5.75 Å². The maximum Gasteiger partial charge on any atom is 0.460 e. The first-order valence-electron chi connectivity index (χ1n) is 5.46. The smallest absolute Gasteiger partial charge is 0.427 e. The van der Waals surface area contributed by atoms with Crippen molar-refractivity contribution < 1.29 is 45.1 Å². The highest BCUT2D eigenvalue weighted by molar-refractivity contribution is 6.02. The van der Waals surface area contributed by atoms with Gasteiger partial charge in [0.25, 0.3) is 0 Å². The van der Waals surface area contributed by atoms with Crippen LogP contribution in [0.5, 0.6) is 5.75 Å². The second-order valence-electron chi connectivity index (χ2n) is 4.09. The molecule has 1 aromatic rings. The fourth-order valence-corrected chi connectivity index (χ4v) is 1.34. The molecule has 0 saturated heterocycles. The predicted octanol–water partition coefficient (Wildman–Crippen LogP) is 3.63. The van der Waals surface area contributed by atoms with Gasteiger partial charge in [0, 0.05) is 12.5 Å². The molecule has 0 spiro atoms. The Morgan fingerprint density at radius 1 is 0.909 bits per heavy atom.